The predicted molar refractivity (Wildman–Crippen MR) is 61.7 cm³/mol. The molecule has 1 heterocycles. The maximum Gasteiger partial charge on any atom is 0.221 e. The first kappa shape index (κ1) is 12.1. The minimum absolute atomic E-state index is 0.114. The summed E-state index contributed by atoms with van der Waals surface area (Å²) >= 11 is 1.62. The lowest BCUT2D eigenvalue weighted by atomic mass is 10.3. The highest BCUT2D eigenvalue weighted by Crippen LogP contribution is 2.02. The fourth-order valence-electron chi connectivity index (χ4n) is 1.09. The van der Waals surface area contributed by atoms with Crippen molar-refractivity contribution < 1.29 is 4.79 Å². The molecule has 0 fully saturated rings. The smallest absolute Gasteiger partial charge is 0.221 e. The molecule has 0 radical (unpaired) electrons. The van der Waals surface area contributed by atoms with Crippen LogP contribution >= 0.6 is 11.3 Å². The van der Waals surface area contributed by atoms with Crippen LogP contribution in [0.4, 0.5) is 0 Å². The van der Waals surface area contributed by atoms with Crippen molar-refractivity contribution in [2.45, 2.75) is 26.3 Å². The van der Waals surface area contributed by atoms with Gasteiger partial charge in [-0.3, -0.25) is 4.79 Å². The van der Waals surface area contributed by atoms with E-state index >= 15 is 0 Å². The van der Waals surface area contributed by atoms with Crippen LogP contribution in [0.5, 0.6) is 0 Å². The molecule has 1 aromatic rings. The van der Waals surface area contributed by atoms with Gasteiger partial charge in [-0.15, -0.1) is 11.3 Å². The van der Waals surface area contributed by atoms with E-state index in [-0.39, 0.29) is 5.91 Å². The van der Waals surface area contributed by atoms with Gasteiger partial charge in [-0.2, -0.15) is 0 Å². The van der Waals surface area contributed by atoms with Crippen molar-refractivity contribution in [2.24, 2.45) is 0 Å². The average Bonchev–Trinajstić information content (AvgIpc) is 2.74. The summed E-state index contributed by atoms with van der Waals surface area (Å²) in [6.45, 7) is 4.26. The minimum Gasteiger partial charge on any atom is -0.356 e. The summed E-state index contributed by atoms with van der Waals surface area (Å²) in [6, 6.07) is 0. The van der Waals surface area contributed by atoms with Crippen LogP contribution in [-0.4, -0.2) is 24.0 Å². The second kappa shape index (κ2) is 7.36. The van der Waals surface area contributed by atoms with Crippen LogP contribution in [0.25, 0.3) is 0 Å². The normalized spacial score (nSPS) is 10.2. The van der Waals surface area contributed by atoms with E-state index in [1.807, 2.05) is 12.3 Å². The number of carbonyl (C=O) groups excluding carboxylic acids is 1. The summed E-state index contributed by atoms with van der Waals surface area (Å²) in [6.07, 6.45) is 3.30. The Morgan fingerprint density at radius 2 is 2.40 bits per heavy atom. The summed E-state index contributed by atoms with van der Waals surface area (Å²) in [7, 11) is 0. The van der Waals surface area contributed by atoms with E-state index in [1.165, 1.54) is 0 Å². The number of aromatic nitrogens is 1. The zero-order valence-electron chi connectivity index (χ0n) is 8.95. The van der Waals surface area contributed by atoms with Crippen LogP contribution in [0.3, 0.4) is 0 Å². The van der Waals surface area contributed by atoms with Crippen LogP contribution < -0.4 is 10.6 Å². The van der Waals surface area contributed by atoms with Crippen molar-refractivity contribution in [1.29, 1.82) is 0 Å². The van der Waals surface area contributed by atoms with Gasteiger partial charge < -0.3 is 10.6 Å². The largest absolute Gasteiger partial charge is 0.356 e. The van der Waals surface area contributed by atoms with E-state index in [0.29, 0.717) is 13.0 Å². The topological polar surface area (TPSA) is 54.0 Å². The van der Waals surface area contributed by atoms with Gasteiger partial charge in [-0.1, -0.05) is 6.92 Å². The summed E-state index contributed by atoms with van der Waals surface area (Å²) in [4.78, 5) is 15.3. The number of nitrogens with one attached hydrogen (secondary N) is 2. The Labute approximate surface area is 94.1 Å². The zero-order valence-corrected chi connectivity index (χ0v) is 9.77. The zero-order chi connectivity index (χ0) is 10.9. The Hall–Kier alpha value is -0.940. The summed E-state index contributed by atoms with van der Waals surface area (Å²) in [5, 5.41) is 9.02. The van der Waals surface area contributed by atoms with Gasteiger partial charge in [0.2, 0.25) is 5.91 Å². The first-order valence-electron chi connectivity index (χ1n) is 5.18. The third-order valence-corrected chi connectivity index (χ3v) is 2.64. The highest BCUT2D eigenvalue weighted by Gasteiger charge is 1.99. The Balaban J connectivity index is 1.99. The molecule has 4 nitrogen and oxygen atoms in total. The molecular weight excluding hydrogens is 210 g/mol. The molecule has 0 aliphatic carbocycles. The molecule has 0 aromatic carbocycles. The lowest BCUT2D eigenvalue weighted by Crippen LogP contribution is -2.27. The molecule has 0 unspecified atom stereocenters. The van der Waals surface area contributed by atoms with E-state index in [1.54, 1.807) is 17.5 Å². The third kappa shape index (κ3) is 5.49. The number of carbonyl (C=O) groups is 1. The van der Waals surface area contributed by atoms with Crippen LogP contribution in [0.2, 0.25) is 0 Å². The second-order valence-corrected chi connectivity index (χ2v) is 4.18. The van der Waals surface area contributed by atoms with Crippen LogP contribution in [0, 0.1) is 0 Å². The fourth-order valence-corrected chi connectivity index (χ4v) is 1.68. The Kier molecular flexibility index (Phi) is 5.96. The van der Waals surface area contributed by atoms with Gasteiger partial charge in [0.1, 0.15) is 5.01 Å². The Bertz CT molecular complexity index is 274. The van der Waals surface area contributed by atoms with Gasteiger partial charge in [0.05, 0.1) is 0 Å². The average molecular weight is 227 g/mol. The first-order chi connectivity index (χ1) is 7.33. The monoisotopic (exact) mass is 227 g/mol. The second-order valence-electron chi connectivity index (χ2n) is 3.20. The van der Waals surface area contributed by atoms with E-state index in [4.69, 9.17) is 0 Å². The van der Waals surface area contributed by atoms with Crippen molar-refractivity contribution in [3.8, 4) is 0 Å². The van der Waals surface area contributed by atoms with Crippen molar-refractivity contribution in [3.05, 3.63) is 16.6 Å². The molecule has 1 rings (SSSR count). The molecule has 1 amide bonds. The standard InChI is InChI=1S/C10H17N3OS/c1-2-4-12-9(14)3-5-11-8-10-13-6-7-15-10/h6-7,11H,2-5,8H2,1H3,(H,12,14). The van der Waals surface area contributed by atoms with Gasteiger partial charge in [0.25, 0.3) is 0 Å². The number of hydrogen-bond donors (Lipinski definition) is 2. The number of rotatable bonds is 7. The van der Waals surface area contributed by atoms with E-state index in [2.05, 4.69) is 15.6 Å². The number of thiazole rings is 1. The van der Waals surface area contributed by atoms with Crippen molar-refractivity contribution in [3.63, 3.8) is 0 Å². The Morgan fingerprint density at radius 3 is 3.07 bits per heavy atom. The van der Waals surface area contributed by atoms with E-state index < -0.39 is 0 Å². The molecule has 2 N–H and O–H groups in total. The van der Waals surface area contributed by atoms with E-state index in [9.17, 15) is 4.79 Å². The molecule has 1 aromatic heterocycles. The van der Waals surface area contributed by atoms with Crippen molar-refractivity contribution >= 4 is 17.2 Å². The quantitative estimate of drug-likeness (QED) is 0.687. The fraction of sp³-hybridized carbons (Fsp3) is 0.600. The minimum atomic E-state index is 0.114. The molecule has 0 aliphatic rings. The number of hydrogen-bond acceptors (Lipinski definition) is 4. The maximum atomic E-state index is 11.2. The molecule has 15 heavy (non-hydrogen) atoms. The highest BCUT2D eigenvalue weighted by atomic mass is 32.1. The molecule has 0 bridgehead atoms. The lowest BCUT2D eigenvalue weighted by molar-refractivity contribution is -0.120. The SMILES string of the molecule is CCCNC(=O)CCNCc1nccs1. The molecule has 0 saturated heterocycles. The molecular formula is C10H17N3OS. The molecule has 0 spiro atoms. The summed E-state index contributed by atoms with van der Waals surface area (Å²) in [5.74, 6) is 0.114. The van der Waals surface area contributed by atoms with Gasteiger partial charge >= 0.3 is 0 Å². The van der Waals surface area contributed by atoms with Crippen LogP contribution in [0.1, 0.15) is 24.8 Å². The highest BCUT2D eigenvalue weighted by molar-refractivity contribution is 7.09. The first-order valence-corrected chi connectivity index (χ1v) is 6.06. The van der Waals surface area contributed by atoms with Crippen molar-refractivity contribution in [1.82, 2.24) is 15.6 Å². The molecule has 0 atom stereocenters. The van der Waals surface area contributed by atoms with E-state index in [0.717, 1.165) is 24.5 Å². The summed E-state index contributed by atoms with van der Waals surface area (Å²) in [5.41, 5.74) is 0. The lowest BCUT2D eigenvalue weighted by Gasteiger charge is -2.03. The molecule has 0 saturated carbocycles. The van der Waals surface area contributed by atoms with Gasteiger partial charge in [-0.25, -0.2) is 4.98 Å². The van der Waals surface area contributed by atoms with Gasteiger partial charge in [-0.05, 0) is 6.42 Å². The molecule has 84 valence electrons. The van der Waals surface area contributed by atoms with Crippen LogP contribution in [0.15, 0.2) is 11.6 Å². The number of amides is 1. The maximum absolute atomic E-state index is 11.2. The summed E-state index contributed by atoms with van der Waals surface area (Å²) < 4.78 is 0. The van der Waals surface area contributed by atoms with Gasteiger partial charge in [0, 0.05) is 37.6 Å². The number of nitrogens with zero attached hydrogens (tertiary/aromatic N) is 1. The molecule has 0 aliphatic heterocycles. The van der Waals surface area contributed by atoms with Crippen molar-refractivity contribution in [2.75, 3.05) is 13.1 Å². The Morgan fingerprint density at radius 1 is 1.53 bits per heavy atom. The predicted octanol–water partition coefficient (Wildman–Crippen LogP) is 1.15. The van der Waals surface area contributed by atoms with Crippen LogP contribution in [-0.2, 0) is 11.3 Å². The van der Waals surface area contributed by atoms with Gasteiger partial charge in [0.15, 0.2) is 0 Å². The third-order valence-electron chi connectivity index (χ3n) is 1.86. The molecule has 5 heteroatoms.